The SMILES string of the molecule is NS(=O)(=O)n1nc(C2CCCCC2)c2ccc(NS(=O)(=O)O)cc21. The lowest BCUT2D eigenvalue weighted by molar-refractivity contribution is 0.437. The highest BCUT2D eigenvalue weighted by atomic mass is 32.2. The Morgan fingerprint density at radius 2 is 1.83 bits per heavy atom. The molecule has 1 aliphatic rings. The van der Waals surface area contributed by atoms with Gasteiger partial charge in [-0.15, -0.1) is 4.09 Å². The molecular weight excluding hydrogens is 356 g/mol. The summed E-state index contributed by atoms with van der Waals surface area (Å²) in [5.74, 6) is 0.143. The van der Waals surface area contributed by atoms with Crippen LogP contribution in [-0.2, 0) is 20.5 Å². The third-order valence-corrected chi connectivity index (χ3v) is 5.41. The molecule has 1 heterocycles. The number of anilines is 1. The van der Waals surface area contributed by atoms with Crippen molar-refractivity contribution >= 4 is 37.1 Å². The van der Waals surface area contributed by atoms with Crippen molar-refractivity contribution in [1.82, 2.24) is 9.19 Å². The molecule has 132 valence electrons. The normalized spacial score (nSPS) is 17.2. The van der Waals surface area contributed by atoms with E-state index in [0.717, 1.165) is 32.1 Å². The van der Waals surface area contributed by atoms with Gasteiger partial charge < -0.3 is 0 Å². The number of hydrogen-bond donors (Lipinski definition) is 3. The van der Waals surface area contributed by atoms with Crippen LogP contribution in [0.5, 0.6) is 0 Å². The van der Waals surface area contributed by atoms with E-state index in [1.54, 1.807) is 6.07 Å². The Morgan fingerprint density at radius 3 is 2.42 bits per heavy atom. The van der Waals surface area contributed by atoms with E-state index in [1.807, 2.05) is 4.72 Å². The molecule has 0 unspecified atom stereocenters. The fourth-order valence-corrected chi connectivity index (χ4v) is 4.25. The lowest BCUT2D eigenvalue weighted by Crippen LogP contribution is -2.23. The summed E-state index contributed by atoms with van der Waals surface area (Å²) >= 11 is 0. The van der Waals surface area contributed by atoms with Gasteiger partial charge in [-0.3, -0.25) is 9.27 Å². The number of rotatable bonds is 4. The zero-order chi connectivity index (χ0) is 17.5. The molecule has 0 spiro atoms. The molecule has 4 N–H and O–H groups in total. The Hall–Kier alpha value is -1.69. The van der Waals surface area contributed by atoms with Crippen molar-refractivity contribution in [3.63, 3.8) is 0 Å². The quantitative estimate of drug-likeness (QED) is 0.689. The molecule has 0 atom stereocenters. The van der Waals surface area contributed by atoms with Crippen LogP contribution in [0.25, 0.3) is 10.9 Å². The fourth-order valence-electron chi connectivity index (χ4n) is 3.20. The van der Waals surface area contributed by atoms with E-state index in [9.17, 15) is 16.8 Å². The monoisotopic (exact) mass is 374 g/mol. The molecule has 1 saturated carbocycles. The number of aromatic nitrogens is 2. The van der Waals surface area contributed by atoms with Crippen LogP contribution in [0, 0.1) is 0 Å². The van der Waals surface area contributed by atoms with Gasteiger partial charge in [-0.25, -0.2) is 5.14 Å². The largest absolute Gasteiger partial charge is 0.357 e. The van der Waals surface area contributed by atoms with Crippen molar-refractivity contribution in [2.24, 2.45) is 5.14 Å². The third-order valence-electron chi connectivity index (χ3n) is 4.16. The lowest BCUT2D eigenvalue weighted by atomic mass is 9.86. The van der Waals surface area contributed by atoms with Crippen molar-refractivity contribution in [2.75, 3.05) is 4.72 Å². The van der Waals surface area contributed by atoms with Gasteiger partial charge in [0, 0.05) is 11.3 Å². The number of fused-ring (bicyclic) bond motifs is 1. The second kappa shape index (κ2) is 5.99. The summed E-state index contributed by atoms with van der Waals surface area (Å²) in [4.78, 5) is 0. The molecular formula is C13H18N4O5S2. The topological polar surface area (TPSA) is 144 Å². The first kappa shape index (κ1) is 17.1. The van der Waals surface area contributed by atoms with Crippen molar-refractivity contribution in [3.05, 3.63) is 23.9 Å². The van der Waals surface area contributed by atoms with Gasteiger partial charge in [0.25, 0.3) is 0 Å². The summed E-state index contributed by atoms with van der Waals surface area (Å²) in [5.41, 5.74) is 0.842. The van der Waals surface area contributed by atoms with Crippen molar-refractivity contribution in [2.45, 2.75) is 38.0 Å². The summed E-state index contributed by atoms with van der Waals surface area (Å²) in [6.45, 7) is 0. The first-order valence-electron chi connectivity index (χ1n) is 7.46. The third kappa shape index (κ3) is 3.53. The number of nitrogens with one attached hydrogen (secondary N) is 1. The zero-order valence-electron chi connectivity index (χ0n) is 12.7. The molecule has 0 radical (unpaired) electrons. The molecule has 1 aliphatic carbocycles. The maximum atomic E-state index is 11.8. The number of hydrogen-bond acceptors (Lipinski definition) is 5. The van der Waals surface area contributed by atoms with Gasteiger partial charge in [-0.2, -0.15) is 21.9 Å². The standard InChI is InChI=1S/C13H18N4O5S2/c14-23(18,19)17-12-8-10(16-24(20,21)22)6-7-11(12)13(15-17)9-4-2-1-3-5-9/h6-9,16H,1-5H2,(H2,14,18,19)(H,20,21,22). The van der Waals surface area contributed by atoms with Gasteiger partial charge in [0.1, 0.15) is 0 Å². The van der Waals surface area contributed by atoms with E-state index in [4.69, 9.17) is 9.69 Å². The Bertz CT molecular complexity index is 975. The predicted molar refractivity (Wildman–Crippen MR) is 89.2 cm³/mol. The lowest BCUT2D eigenvalue weighted by Gasteiger charge is -2.19. The van der Waals surface area contributed by atoms with Crippen LogP contribution >= 0.6 is 0 Å². The van der Waals surface area contributed by atoms with E-state index in [-0.39, 0.29) is 17.1 Å². The van der Waals surface area contributed by atoms with Crippen molar-refractivity contribution in [3.8, 4) is 0 Å². The maximum absolute atomic E-state index is 11.8. The highest BCUT2D eigenvalue weighted by molar-refractivity contribution is 7.87. The molecule has 0 amide bonds. The van der Waals surface area contributed by atoms with Crippen molar-refractivity contribution < 1.29 is 21.4 Å². The summed E-state index contributed by atoms with van der Waals surface area (Å²) in [6.07, 6.45) is 5.09. The molecule has 1 fully saturated rings. The van der Waals surface area contributed by atoms with Crippen LogP contribution in [0.15, 0.2) is 18.2 Å². The van der Waals surface area contributed by atoms with Gasteiger partial charge in [-0.05, 0) is 31.0 Å². The molecule has 24 heavy (non-hydrogen) atoms. The van der Waals surface area contributed by atoms with Crippen LogP contribution in [0.2, 0.25) is 0 Å². The minimum absolute atomic E-state index is 0.0185. The Morgan fingerprint density at radius 1 is 1.17 bits per heavy atom. The van der Waals surface area contributed by atoms with E-state index < -0.39 is 20.5 Å². The highest BCUT2D eigenvalue weighted by Gasteiger charge is 2.25. The molecule has 2 aromatic rings. The van der Waals surface area contributed by atoms with E-state index in [0.29, 0.717) is 15.2 Å². The average Bonchev–Trinajstić information content (AvgIpc) is 2.85. The van der Waals surface area contributed by atoms with E-state index in [2.05, 4.69) is 5.10 Å². The molecule has 0 aliphatic heterocycles. The van der Waals surface area contributed by atoms with Crippen LogP contribution in [0.3, 0.4) is 0 Å². The van der Waals surface area contributed by atoms with Gasteiger partial charge in [0.05, 0.1) is 16.9 Å². The Labute approximate surface area is 139 Å². The van der Waals surface area contributed by atoms with Gasteiger partial charge >= 0.3 is 20.5 Å². The predicted octanol–water partition coefficient (Wildman–Crippen LogP) is 1.35. The first-order chi connectivity index (χ1) is 11.1. The summed E-state index contributed by atoms with van der Waals surface area (Å²) < 4.78 is 57.0. The van der Waals surface area contributed by atoms with Crippen LogP contribution < -0.4 is 9.86 Å². The second-order valence-electron chi connectivity index (χ2n) is 5.92. The van der Waals surface area contributed by atoms with Crippen molar-refractivity contribution in [1.29, 1.82) is 0 Å². The fraction of sp³-hybridized carbons (Fsp3) is 0.462. The molecule has 1 aromatic heterocycles. The highest BCUT2D eigenvalue weighted by Crippen LogP contribution is 2.36. The Kier molecular flexibility index (Phi) is 4.28. The molecule has 11 heteroatoms. The minimum Gasteiger partial charge on any atom is -0.269 e. The number of nitrogens with zero attached hydrogens (tertiary/aromatic N) is 2. The van der Waals surface area contributed by atoms with Gasteiger partial charge in [0.15, 0.2) is 0 Å². The first-order valence-corrected chi connectivity index (χ1v) is 10.4. The molecule has 0 bridgehead atoms. The zero-order valence-corrected chi connectivity index (χ0v) is 14.3. The summed E-state index contributed by atoms with van der Waals surface area (Å²) in [7, 11) is -8.61. The van der Waals surface area contributed by atoms with Gasteiger partial charge in [0.2, 0.25) is 0 Å². The molecule has 1 aromatic carbocycles. The summed E-state index contributed by atoms with van der Waals surface area (Å²) in [5, 5.41) is 10.0. The Balaban J connectivity index is 2.17. The number of benzene rings is 1. The maximum Gasteiger partial charge on any atom is 0.357 e. The van der Waals surface area contributed by atoms with Gasteiger partial charge in [-0.1, -0.05) is 19.3 Å². The van der Waals surface area contributed by atoms with E-state index in [1.165, 1.54) is 12.1 Å². The van der Waals surface area contributed by atoms with Crippen LogP contribution in [0.1, 0.15) is 43.7 Å². The molecule has 0 saturated heterocycles. The molecule has 3 rings (SSSR count). The molecule has 9 nitrogen and oxygen atoms in total. The summed E-state index contributed by atoms with van der Waals surface area (Å²) in [6, 6.07) is 4.31. The van der Waals surface area contributed by atoms with Crippen LogP contribution in [0.4, 0.5) is 5.69 Å². The van der Waals surface area contributed by atoms with E-state index >= 15 is 0 Å². The van der Waals surface area contributed by atoms with Crippen LogP contribution in [-0.4, -0.2) is 30.6 Å². The second-order valence-corrected chi connectivity index (χ2v) is 8.45. The minimum atomic E-state index is -4.47. The average molecular weight is 374 g/mol. The number of nitrogens with two attached hydrogens (primary N) is 1. The smallest absolute Gasteiger partial charge is 0.269 e.